The molecule has 0 radical (unpaired) electrons. The van der Waals surface area contributed by atoms with Crippen molar-refractivity contribution in [3.63, 3.8) is 0 Å². The van der Waals surface area contributed by atoms with Gasteiger partial charge in [0.25, 0.3) is 0 Å². The first-order valence-corrected chi connectivity index (χ1v) is 24.5. The Morgan fingerprint density at radius 2 is 1.38 bits per heavy atom. The highest BCUT2D eigenvalue weighted by molar-refractivity contribution is 7.80. The molecule has 1 heterocycles. The predicted molar refractivity (Wildman–Crippen MR) is 208 cm³/mol. The topological polar surface area (TPSA) is 66.4 Å². The number of hydrogen-bond acceptors (Lipinski definition) is 7. The molecule has 5 unspecified atom stereocenters. The Kier molecular flexibility index (Phi) is 21.8. The zero-order chi connectivity index (χ0) is 35.6. The molecule has 5 atom stereocenters. The van der Waals surface area contributed by atoms with Crippen LogP contribution in [0.5, 0.6) is 0 Å². The molecule has 1 fully saturated rings. The van der Waals surface area contributed by atoms with Crippen molar-refractivity contribution in [1.29, 1.82) is 0 Å². The molecule has 0 saturated carbocycles. The molecule has 1 N–H and O–H groups in total. The second-order valence-electron chi connectivity index (χ2n) is 16.7. The van der Waals surface area contributed by atoms with Crippen LogP contribution in [-0.4, -0.2) is 63.3 Å². The molecule has 282 valence electrons. The van der Waals surface area contributed by atoms with Gasteiger partial charge in [-0.2, -0.15) is 12.6 Å². The molecule has 0 bridgehead atoms. The third-order valence-electron chi connectivity index (χ3n) is 9.13. The lowest BCUT2D eigenvalue weighted by Crippen LogP contribution is -2.59. The lowest BCUT2D eigenvalue weighted by Gasteiger charge is -2.47. The summed E-state index contributed by atoms with van der Waals surface area (Å²) in [5.41, 5.74) is -1.49. The number of thiol groups is 1. The van der Waals surface area contributed by atoms with Gasteiger partial charge in [-0.25, -0.2) is 0 Å². The molecule has 0 aromatic rings. The molecular formula is C38H80O6SSi2. The van der Waals surface area contributed by atoms with Crippen molar-refractivity contribution in [3.05, 3.63) is 0 Å². The summed E-state index contributed by atoms with van der Waals surface area (Å²) in [5, 5.41) is 10.6. The van der Waals surface area contributed by atoms with Crippen LogP contribution in [0.3, 0.4) is 0 Å². The van der Waals surface area contributed by atoms with Gasteiger partial charge < -0.3 is 27.2 Å². The molecule has 0 spiro atoms. The minimum atomic E-state index is -2.90. The second kappa shape index (κ2) is 22.5. The van der Waals surface area contributed by atoms with Gasteiger partial charge in [0, 0.05) is 30.8 Å². The highest BCUT2D eigenvalue weighted by Crippen LogP contribution is 2.39. The second-order valence-corrected chi connectivity index (χ2v) is 23.0. The van der Waals surface area contributed by atoms with Gasteiger partial charge in [-0.1, -0.05) is 90.9 Å². The van der Waals surface area contributed by atoms with Crippen molar-refractivity contribution in [2.75, 3.05) is 5.75 Å². The molecule has 1 rings (SSSR count). The standard InChI is InChI=1S/C38H80O6SSi2/c1-12-14-16-17-18-19-20-21-22-24-29-47(42-35(5)32-38(10,11)44-47)41-34(4)31-37(8,9)43-46(27-15-13-2,28-25-23-26-45)40-33(3)30-36(6,7)39/h33-35,39,45H,12-32H2,1-11H3. The van der Waals surface area contributed by atoms with Gasteiger partial charge in [-0.05, 0) is 106 Å². The van der Waals surface area contributed by atoms with Gasteiger partial charge in [0.05, 0.1) is 16.8 Å². The molecule has 1 saturated heterocycles. The van der Waals surface area contributed by atoms with Gasteiger partial charge in [0.1, 0.15) is 0 Å². The Morgan fingerprint density at radius 1 is 0.830 bits per heavy atom. The van der Waals surface area contributed by atoms with Crippen LogP contribution in [-0.2, 0) is 22.1 Å². The summed E-state index contributed by atoms with van der Waals surface area (Å²) in [6, 6.07) is 2.78. The van der Waals surface area contributed by atoms with Gasteiger partial charge in [-0.3, -0.25) is 0 Å². The van der Waals surface area contributed by atoms with E-state index in [9.17, 15) is 5.11 Å². The maximum absolute atomic E-state index is 10.6. The van der Waals surface area contributed by atoms with E-state index in [1.54, 1.807) is 0 Å². The summed E-state index contributed by atoms with van der Waals surface area (Å²) >= 11 is 4.49. The van der Waals surface area contributed by atoms with Crippen LogP contribution >= 0.6 is 12.6 Å². The fraction of sp³-hybridized carbons (Fsp3) is 1.00. The van der Waals surface area contributed by atoms with Gasteiger partial charge in [-0.15, -0.1) is 0 Å². The van der Waals surface area contributed by atoms with Crippen LogP contribution in [0.1, 0.15) is 185 Å². The molecule has 0 aromatic carbocycles. The zero-order valence-electron chi connectivity index (χ0n) is 33.0. The first kappa shape index (κ1) is 45.6. The summed E-state index contributed by atoms with van der Waals surface area (Å²) in [6.45, 7) is 23.5. The Labute approximate surface area is 300 Å². The highest BCUT2D eigenvalue weighted by atomic mass is 32.1. The SMILES string of the molecule is CCCCCCCCCCCC[Si]1(OC(C)CC(C)(C)O[Si](CCCC)(CCCCS)OC(C)CC(C)(C)O)OC(C)CC(C)(C)O1. The van der Waals surface area contributed by atoms with Gasteiger partial charge >= 0.3 is 17.4 Å². The Bertz CT molecular complexity index is 810. The summed E-state index contributed by atoms with van der Waals surface area (Å²) in [7, 11) is -5.53. The molecule has 0 amide bonds. The molecule has 1 aliphatic heterocycles. The van der Waals surface area contributed by atoms with E-state index in [0.29, 0.717) is 6.42 Å². The monoisotopic (exact) mass is 721 g/mol. The third-order valence-corrected chi connectivity index (χ3v) is 16.8. The molecule has 6 nitrogen and oxygen atoms in total. The number of rotatable bonds is 28. The predicted octanol–water partition coefficient (Wildman–Crippen LogP) is 11.6. The van der Waals surface area contributed by atoms with E-state index >= 15 is 0 Å². The van der Waals surface area contributed by atoms with Crippen molar-refractivity contribution in [3.8, 4) is 0 Å². The molecule has 47 heavy (non-hydrogen) atoms. The average molecular weight is 721 g/mol. The quantitative estimate of drug-likeness (QED) is 0.0476. The van der Waals surface area contributed by atoms with Crippen LogP contribution in [0.2, 0.25) is 18.1 Å². The van der Waals surface area contributed by atoms with E-state index in [-0.39, 0.29) is 23.9 Å². The zero-order valence-corrected chi connectivity index (χ0v) is 35.9. The third kappa shape index (κ3) is 20.9. The summed E-state index contributed by atoms with van der Waals surface area (Å²) in [6.07, 6.45) is 19.5. The van der Waals surface area contributed by atoms with E-state index in [4.69, 9.17) is 22.1 Å². The number of hydrogen-bond donors (Lipinski definition) is 2. The van der Waals surface area contributed by atoms with E-state index in [1.807, 2.05) is 13.8 Å². The van der Waals surface area contributed by atoms with Crippen LogP contribution in [0.15, 0.2) is 0 Å². The van der Waals surface area contributed by atoms with Crippen molar-refractivity contribution in [1.82, 2.24) is 0 Å². The first-order valence-electron chi connectivity index (χ1n) is 19.7. The molecule has 0 aliphatic carbocycles. The Morgan fingerprint density at radius 3 is 1.91 bits per heavy atom. The maximum atomic E-state index is 10.6. The lowest BCUT2D eigenvalue weighted by atomic mass is 10.0. The lowest BCUT2D eigenvalue weighted by molar-refractivity contribution is -0.106. The van der Waals surface area contributed by atoms with E-state index in [1.165, 1.54) is 57.8 Å². The van der Waals surface area contributed by atoms with Gasteiger partial charge in [0.15, 0.2) is 0 Å². The van der Waals surface area contributed by atoms with E-state index in [2.05, 4.69) is 74.9 Å². The minimum absolute atomic E-state index is 0.0787. The fourth-order valence-corrected chi connectivity index (χ4v) is 15.6. The maximum Gasteiger partial charge on any atom is 0.501 e. The molecule has 1 aliphatic rings. The van der Waals surface area contributed by atoms with Crippen molar-refractivity contribution >= 4 is 30.0 Å². The van der Waals surface area contributed by atoms with Crippen molar-refractivity contribution in [2.45, 2.75) is 239 Å². The van der Waals surface area contributed by atoms with Crippen LogP contribution in [0.4, 0.5) is 0 Å². The minimum Gasteiger partial charge on any atom is -0.391 e. The van der Waals surface area contributed by atoms with Crippen molar-refractivity contribution < 1.29 is 27.2 Å². The number of aliphatic hydroxyl groups is 1. The number of unbranched alkanes of at least 4 members (excludes halogenated alkanes) is 11. The average Bonchev–Trinajstić information content (AvgIpc) is 2.90. The van der Waals surface area contributed by atoms with Crippen LogP contribution in [0, 0.1) is 0 Å². The van der Waals surface area contributed by atoms with Gasteiger partial charge in [0.2, 0.25) is 0 Å². The largest absolute Gasteiger partial charge is 0.501 e. The summed E-state index contributed by atoms with van der Waals surface area (Å²) < 4.78 is 34.7. The molecule has 0 aromatic heterocycles. The summed E-state index contributed by atoms with van der Waals surface area (Å²) in [4.78, 5) is 0. The van der Waals surface area contributed by atoms with Crippen LogP contribution < -0.4 is 0 Å². The Balaban J connectivity index is 3.01. The summed E-state index contributed by atoms with van der Waals surface area (Å²) in [5.74, 6) is 0.867. The highest BCUT2D eigenvalue weighted by Gasteiger charge is 2.52. The van der Waals surface area contributed by atoms with E-state index in [0.717, 1.165) is 68.8 Å². The normalized spacial score (nSPS) is 23.0. The first-order chi connectivity index (χ1) is 21.9. The molecular weight excluding hydrogens is 641 g/mol. The fourth-order valence-electron chi connectivity index (χ4n) is 7.60. The smallest absolute Gasteiger partial charge is 0.391 e. The van der Waals surface area contributed by atoms with Crippen LogP contribution in [0.25, 0.3) is 0 Å². The Hall–Kier alpha value is 0.544. The van der Waals surface area contributed by atoms with Crippen molar-refractivity contribution in [2.24, 2.45) is 0 Å². The molecule has 9 heteroatoms. The van der Waals surface area contributed by atoms with E-state index < -0.39 is 28.6 Å².